The molecule has 1 aromatic heterocycles. The summed E-state index contributed by atoms with van der Waals surface area (Å²) in [4.78, 5) is 19.1. The zero-order chi connectivity index (χ0) is 16.6. The molecule has 126 valence electrons. The third-order valence-corrected chi connectivity index (χ3v) is 5.25. The molecule has 0 N–H and O–H groups in total. The van der Waals surface area contributed by atoms with E-state index in [0.29, 0.717) is 5.92 Å². The molecule has 0 bridgehead atoms. The van der Waals surface area contributed by atoms with Crippen molar-refractivity contribution in [2.24, 2.45) is 5.92 Å². The first-order valence-corrected chi connectivity index (χ1v) is 8.55. The Morgan fingerprint density at radius 1 is 1.38 bits per heavy atom. The van der Waals surface area contributed by atoms with Gasteiger partial charge in [0, 0.05) is 19.6 Å². The van der Waals surface area contributed by atoms with E-state index in [-0.39, 0.29) is 11.7 Å². The van der Waals surface area contributed by atoms with Crippen LogP contribution in [0.5, 0.6) is 0 Å². The van der Waals surface area contributed by atoms with Gasteiger partial charge in [-0.1, -0.05) is 12.1 Å². The van der Waals surface area contributed by atoms with Gasteiger partial charge in [0.2, 0.25) is 5.91 Å². The van der Waals surface area contributed by atoms with E-state index in [1.807, 2.05) is 15.6 Å². The van der Waals surface area contributed by atoms with E-state index in [1.165, 1.54) is 18.5 Å². The SMILES string of the molecule is O=C(N1CCCC(Cn2cncn2)C1)C1(c2cccc(F)c2)CC1. The number of aromatic nitrogens is 3. The van der Waals surface area contributed by atoms with Gasteiger partial charge in [-0.05, 0) is 49.3 Å². The Hall–Kier alpha value is -2.24. The molecular formula is C18H21FN4O. The van der Waals surface area contributed by atoms with Crippen molar-refractivity contribution >= 4 is 5.91 Å². The molecule has 5 nitrogen and oxygen atoms in total. The average molecular weight is 328 g/mol. The van der Waals surface area contributed by atoms with Crippen LogP contribution in [0.3, 0.4) is 0 Å². The van der Waals surface area contributed by atoms with Crippen molar-refractivity contribution in [1.29, 1.82) is 0 Å². The zero-order valence-corrected chi connectivity index (χ0v) is 13.6. The van der Waals surface area contributed by atoms with Crippen molar-refractivity contribution in [1.82, 2.24) is 19.7 Å². The summed E-state index contributed by atoms with van der Waals surface area (Å²) in [6.07, 6.45) is 6.99. The van der Waals surface area contributed by atoms with Gasteiger partial charge in [0.25, 0.3) is 0 Å². The number of likely N-dealkylation sites (tertiary alicyclic amines) is 1. The second kappa shape index (κ2) is 6.00. The Bertz CT molecular complexity index is 726. The van der Waals surface area contributed by atoms with Crippen LogP contribution < -0.4 is 0 Å². The lowest BCUT2D eigenvalue weighted by atomic mass is 9.91. The summed E-state index contributed by atoms with van der Waals surface area (Å²) in [6, 6.07) is 6.52. The van der Waals surface area contributed by atoms with Crippen molar-refractivity contribution in [3.8, 4) is 0 Å². The van der Waals surface area contributed by atoms with Gasteiger partial charge >= 0.3 is 0 Å². The van der Waals surface area contributed by atoms with Gasteiger partial charge in [0.1, 0.15) is 18.5 Å². The molecule has 1 aromatic carbocycles. The molecule has 4 rings (SSSR count). The lowest BCUT2D eigenvalue weighted by Gasteiger charge is -2.35. The molecule has 2 aromatic rings. The molecular weight excluding hydrogens is 307 g/mol. The number of benzene rings is 1. The van der Waals surface area contributed by atoms with E-state index in [1.54, 1.807) is 12.4 Å². The number of amides is 1. The molecule has 2 fully saturated rings. The standard InChI is InChI=1S/C18H21FN4O/c19-16-5-1-4-15(9-16)18(6-7-18)17(24)22-8-2-3-14(10-22)11-23-13-20-12-21-23/h1,4-5,9,12-14H,2-3,6-8,10-11H2. The summed E-state index contributed by atoms with van der Waals surface area (Å²) in [5, 5.41) is 4.16. The second-order valence-electron chi connectivity index (χ2n) is 6.97. The Morgan fingerprint density at radius 3 is 2.96 bits per heavy atom. The fraction of sp³-hybridized carbons (Fsp3) is 0.500. The number of hydrogen-bond donors (Lipinski definition) is 0. The fourth-order valence-corrected chi connectivity index (χ4v) is 3.83. The molecule has 1 atom stereocenters. The van der Waals surface area contributed by atoms with Gasteiger partial charge < -0.3 is 4.90 Å². The predicted octanol–water partition coefficient (Wildman–Crippen LogP) is 2.39. The molecule has 2 aliphatic rings. The first-order valence-electron chi connectivity index (χ1n) is 8.55. The number of nitrogens with zero attached hydrogens (tertiary/aromatic N) is 4. The molecule has 1 aliphatic heterocycles. The van der Waals surface area contributed by atoms with Crippen LogP contribution in [0, 0.1) is 11.7 Å². The highest BCUT2D eigenvalue weighted by Crippen LogP contribution is 2.50. The average Bonchev–Trinajstić information content (AvgIpc) is 3.26. The quantitative estimate of drug-likeness (QED) is 0.866. The van der Waals surface area contributed by atoms with E-state index >= 15 is 0 Å². The minimum Gasteiger partial charge on any atom is -0.342 e. The van der Waals surface area contributed by atoms with Crippen molar-refractivity contribution in [3.63, 3.8) is 0 Å². The van der Waals surface area contributed by atoms with Gasteiger partial charge in [-0.25, -0.2) is 9.37 Å². The van der Waals surface area contributed by atoms with Crippen LogP contribution in [0.2, 0.25) is 0 Å². The maximum absolute atomic E-state index is 13.6. The summed E-state index contributed by atoms with van der Waals surface area (Å²) in [6.45, 7) is 2.33. The van der Waals surface area contributed by atoms with Crippen LogP contribution in [0.1, 0.15) is 31.2 Å². The maximum atomic E-state index is 13.6. The number of halogens is 1. The Labute approximate surface area is 140 Å². The van der Waals surface area contributed by atoms with Crippen LogP contribution in [-0.2, 0) is 16.8 Å². The monoisotopic (exact) mass is 328 g/mol. The number of rotatable bonds is 4. The highest BCUT2D eigenvalue weighted by Gasteiger charge is 2.53. The Balaban J connectivity index is 1.48. The summed E-state index contributed by atoms with van der Waals surface area (Å²) in [5.74, 6) is 0.290. The molecule has 2 heterocycles. The van der Waals surface area contributed by atoms with Gasteiger partial charge in [-0.3, -0.25) is 9.48 Å². The molecule has 1 saturated heterocycles. The van der Waals surface area contributed by atoms with Crippen LogP contribution in [0.25, 0.3) is 0 Å². The topological polar surface area (TPSA) is 51.0 Å². The lowest BCUT2D eigenvalue weighted by Crippen LogP contribution is -2.45. The minimum absolute atomic E-state index is 0.163. The number of hydrogen-bond acceptors (Lipinski definition) is 3. The van der Waals surface area contributed by atoms with Crippen LogP contribution >= 0.6 is 0 Å². The normalized spacial score (nSPS) is 22.4. The number of piperidine rings is 1. The number of carbonyl (C=O) groups excluding carboxylic acids is 1. The fourth-order valence-electron chi connectivity index (χ4n) is 3.83. The van der Waals surface area contributed by atoms with Crippen LogP contribution in [0.4, 0.5) is 4.39 Å². The van der Waals surface area contributed by atoms with Gasteiger partial charge in [-0.2, -0.15) is 5.10 Å². The molecule has 1 saturated carbocycles. The summed E-state index contributed by atoms with van der Waals surface area (Å²) >= 11 is 0. The summed E-state index contributed by atoms with van der Waals surface area (Å²) in [7, 11) is 0. The van der Waals surface area contributed by atoms with Gasteiger partial charge in [0.15, 0.2) is 0 Å². The van der Waals surface area contributed by atoms with Crippen molar-refractivity contribution in [2.75, 3.05) is 13.1 Å². The summed E-state index contributed by atoms with van der Waals surface area (Å²) < 4.78 is 15.4. The highest BCUT2D eigenvalue weighted by molar-refractivity contribution is 5.91. The van der Waals surface area contributed by atoms with Gasteiger partial charge in [0.05, 0.1) is 5.41 Å². The van der Waals surface area contributed by atoms with Crippen molar-refractivity contribution in [2.45, 2.75) is 37.6 Å². The number of carbonyl (C=O) groups is 1. The third-order valence-electron chi connectivity index (χ3n) is 5.25. The predicted molar refractivity (Wildman–Crippen MR) is 86.6 cm³/mol. The smallest absolute Gasteiger partial charge is 0.233 e. The first-order chi connectivity index (χ1) is 11.7. The largest absolute Gasteiger partial charge is 0.342 e. The van der Waals surface area contributed by atoms with Crippen LogP contribution in [-0.4, -0.2) is 38.7 Å². The summed E-state index contributed by atoms with van der Waals surface area (Å²) in [5.41, 5.74) is 0.336. The molecule has 24 heavy (non-hydrogen) atoms. The Kier molecular flexibility index (Phi) is 3.82. The molecule has 1 aliphatic carbocycles. The van der Waals surface area contributed by atoms with Gasteiger partial charge in [-0.15, -0.1) is 0 Å². The second-order valence-corrected chi connectivity index (χ2v) is 6.97. The van der Waals surface area contributed by atoms with E-state index in [9.17, 15) is 9.18 Å². The first kappa shape index (κ1) is 15.3. The van der Waals surface area contributed by atoms with E-state index in [4.69, 9.17) is 0 Å². The Morgan fingerprint density at radius 2 is 2.25 bits per heavy atom. The van der Waals surface area contributed by atoms with Crippen molar-refractivity contribution in [3.05, 3.63) is 48.3 Å². The molecule has 1 amide bonds. The van der Waals surface area contributed by atoms with E-state index in [2.05, 4.69) is 10.1 Å². The van der Waals surface area contributed by atoms with E-state index < -0.39 is 5.41 Å². The van der Waals surface area contributed by atoms with Crippen LogP contribution in [0.15, 0.2) is 36.9 Å². The zero-order valence-electron chi connectivity index (χ0n) is 13.6. The van der Waals surface area contributed by atoms with Crippen molar-refractivity contribution < 1.29 is 9.18 Å². The molecule has 1 unspecified atom stereocenters. The highest BCUT2D eigenvalue weighted by atomic mass is 19.1. The maximum Gasteiger partial charge on any atom is 0.233 e. The molecule has 0 spiro atoms. The lowest BCUT2D eigenvalue weighted by molar-refractivity contribution is -0.136. The third kappa shape index (κ3) is 2.81. The van der Waals surface area contributed by atoms with E-state index in [0.717, 1.165) is 50.9 Å². The molecule has 0 radical (unpaired) electrons. The minimum atomic E-state index is -0.489. The molecule has 6 heteroatoms.